The number of hydrogen-bond donors (Lipinski definition) is 0. The number of hydrogen-bond acceptors (Lipinski definition) is 5. The molecule has 0 aliphatic rings. The lowest BCUT2D eigenvalue weighted by Gasteiger charge is -2.13. The van der Waals surface area contributed by atoms with Gasteiger partial charge in [-0.05, 0) is 45.3 Å². The second kappa shape index (κ2) is 8.13. The maximum absolute atomic E-state index is 10.8. The molecule has 7 heteroatoms. The zero-order valence-corrected chi connectivity index (χ0v) is 14.3. The zero-order chi connectivity index (χ0) is 17.5. The molecule has 2 aromatic rings. The van der Waals surface area contributed by atoms with Gasteiger partial charge in [-0.2, -0.15) is 5.26 Å². The Kier molecular flexibility index (Phi) is 5.93. The molecule has 0 heterocycles. The second-order valence-corrected chi connectivity index (χ2v) is 5.57. The molecule has 122 valence electrons. The minimum absolute atomic E-state index is 0.0131. The molecule has 0 radical (unpaired) electrons. The van der Waals surface area contributed by atoms with Crippen molar-refractivity contribution in [3.05, 3.63) is 68.2 Å². The Hall–Kier alpha value is -2.85. The molecule has 2 rings (SSSR count). The standard InChI is InChI=1S/C17H13BrN2O4/c1-23-16-10-12(5-3-7-19)9-15(18)17(16)24-11-13-4-2-6-14(8-13)20(21)22/h2-6,8-10H,11H2,1H3. The van der Waals surface area contributed by atoms with E-state index in [9.17, 15) is 10.1 Å². The molecule has 0 spiro atoms. The van der Waals surface area contributed by atoms with E-state index in [0.717, 1.165) is 5.56 Å². The largest absolute Gasteiger partial charge is 0.493 e. The summed E-state index contributed by atoms with van der Waals surface area (Å²) in [5.74, 6) is 0.977. The van der Waals surface area contributed by atoms with E-state index in [1.807, 2.05) is 6.07 Å². The number of benzene rings is 2. The summed E-state index contributed by atoms with van der Waals surface area (Å²) >= 11 is 3.41. The minimum atomic E-state index is -0.448. The van der Waals surface area contributed by atoms with Gasteiger partial charge < -0.3 is 9.47 Å². The zero-order valence-electron chi connectivity index (χ0n) is 12.7. The lowest BCUT2D eigenvalue weighted by atomic mass is 10.2. The maximum Gasteiger partial charge on any atom is 0.269 e. The van der Waals surface area contributed by atoms with Crippen LogP contribution < -0.4 is 9.47 Å². The molecule has 0 atom stereocenters. The van der Waals surface area contributed by atoms with Crippen molar-refractivity contribution in [1.82, 2.24) is 0 Å². The number of nitriles is 1. The topological polar surface area (TPSA) is 85.4 Å². The Morgan fingerprint density at radius 3 is 2.83 bits per heavy atom. The third-order valence-corrected chi connectivity index (χ3v) is 3.70. The van der Waals surface area contributed by atoms with Crippen LogP contribution >= 0.6 is 15.9 Å². The fraction of sp³-hybridized carbons (Fsp3) is 0.118. The van der Waals surface area contributed by atoms with E-state index in [-0.39, 0.29) is 12.3 Å². The molecule has 0 aromatic heterocycles. The van der Waals surface area contributed by atoms with Gasteiger partial charge >= 0.3 is 0 Å². The molecule has 0 aliphatic heterocycles. The highest BCUT2D eigenvalue weighted by Crippen LogP contribution is 2.37. The molecule has 0 saturated carbocycles. The van der Waals surface area contributed by atoms with Crippen LogP contribution in [0.15, 0.2) is 46.9 Å². The third kappa shape index (κ3) is 4.33. The van der Waals surface area contributed by atoms with Crippen molar-refractivity contribution in [2.24, 2.45) is 0 Å². The van der Waals surface area contributed by atoms with Crippen LogP contribution in [0, 0.1) is 21.4 Å². The summed E-state index contributed by atoms with van der Waals surface area (Å²) in [7, 11) is 1.51. The predicted molar refractivity (Wildman–Crippen MR) is 92.8 cm³/mol. The lowest BCUT2D eigenvalue weighted by Crippen LogP contribution is -2.00. The normalized spacial score (nSPS) is 10.4. The number of nitro groups is 1. The quantitative estimate of drug-likeness (QED) is 0.413. The first-order chi connectivity index (χ1) is 11.5. The van der Waals surface area contributed by atoms with Crippen molar-refractivity contribution in [3.63, 3.8) is 0 Å². The van der Waals surface area contributed by atoms with Gasteiger partial charge in [0.2, 0.25) is 0 Å². The fourth-order valence-electron chi connectivity index (χ4n) is 2.02. The molecule has 0 fully saturated rings. The highest BCUT2D eigenvalue weighted by molar-refractivity contribution is 9.10. The summed E-state index contributed by atoms with van der Waals surface area (Å²) < 4.78 is 11.7. The van der Waals surface area contributed by atoms with Crippen LogP contribution in [0.4, 0.5) is 5.69 Å². The van der Waals surface area contributed by atoms with Crippen molar-refractivity contribution in [2.75, 3.05) is 7.11 Å². The van der Waals surface area contributed by atoms with Crippen LogP contribution in [0.2, 0.25) is 0 Å². The molecule has 6 nitrogen and oxygen atoms in total. The van der Waals surface area contributed by atoms with Crippen LogP contribution in [-0.2, 0) is 6.61 Å². The first-order valence-corrected chi connectivity index (χ1v) is 7.64. The second-order valence-electron chi connectivity index (χ2n) is 4.71. The van der Waals surface area contributed by atoms with E-state index in [2.05, 4.69) is 15.9 Å². The molecule has 0 aliphatic carbocycles. The molecular formula is C17H13BrN2O4. The molecule has 0 bridgehead atoms. The van der Waals surface area contributed by atoms with Crippen LogP contribution in [0.3, 0.4) is 0 Å². The SMILES string of the molecule is COc1cc(C=CC#N)cc(Br)c1OCc1cccc([N+](=O)[O-])c1. The molecule has 24 heavy (non-hydrogen) atoms. The Morgan fingerprint density at radius 2 is 2.17 bits per heavy atom. The van der Waals surface area contributed by atoms with E-state index < -0.39 is 4.92 Å². The summed E-state index contributed by atoms with van der Waals surface area (Å²) in [6.07, 6.45) is 3.02. The number of halogens is 1. The van der Waals surface area contributed by atoms with E-state index in [1.165, 1.54) is 25.3 Å². The highest BCUT2D eigenvalue weighted by Gasteiger charge is 2.12. The van der Waals surface area contributed by atoms with Crippen molar-refractivity contribution in [2.45, 2.75) is 6.61 Å². The van der Waals surface area contributed by atoms with Gasteiger partial charge in [0.15, 0.2) is 11.5 Å². The molecule has 0 amide bonds. The van der Waals surface area contributed by atoms with Crippen molar-refractivity contribution in [3.8, 4) is 17.6 Å². The average molecular weight is 389 g/mol. The first-order valence-electron chi connectivity index (χ1n) is 6.85. The summed E-state index contributed by atoms with van der Waals surface area (Å²) in [6.45, 7) is 0.157. The summed E-state index contributed by atoms with van der Waals surface area (Å²) in [5.41, 5.74) is 1.47. The van der Waals surface area contributed by atoms with Crippen LogP contribution in [0.25, 0.3) is 6.08 Å². The Balaban J connectivity index is 2.23. The molecule has 0 N–H and O–H groups in total. The summed E-state index contributed by atoms with van der Waals surface area (Å²) in [6, 6.07) is 11.7. The van der Waals surface area contributed by atoms with E-state index in [4.69, 9.17) is 14.7 Å². The number of nitro benzene ring substituents is 1. The van der Waals surface area contributed by atoms with Crippen molar-refractivity contribution >= 4 is 27.7 Å². The molecule has 0 unspecified atom stereocenters. The third-order valence-electron chi connectivity index (χ3n) is 3.11. The Bertz CT molecular complexity index is 828. The van der Waals surface area contributed by atoms with Gasteiger partial charge in [0.1, 0.15) is 6.61 Å². The monoisotopic (exact) mass is 388 g/mol. The molecule has 2 aromatic carbocycles. The Labute approximate surface area is 147 Å². The summed E-state index contributed by atoms with van der Waals surface area (Å²) in [5, 5.41) is 19.4. The first kappa shape index (κ1) is 17.5. The minimum Gasteiger partial charge on any atom is -0.493 e. The summed E-state index contributed by atoms with van der Waals surface area (Å²) in [4.78, 5) is 10.4. The average Bonchev–Trinajstić information content (AvgIpc) is 2.58. The van der Waals surface area contributed by atoms with E-state index in [0.29, 0.717) is 21.5 Å². The maximum atomic E-state index is 10.8. The van der Waals surface area contributed by atoms with Gasteiger partial charge in [-0.15, -0.1) is 0 Å². The van der Waals surface area contributed by atoms with Crippen LogP contribution in [0.5, 0.6) is 11.5 Å². The van der Waals surface area contributed by atoms with E-state index in [1.54, 1.807) is 30.3 Å². The molecule has 0 saturated heterocycles. The highest BCUT2D eigenvalue weighted by atomic mass is 79.9. The number of rotatable bonds is 6. The van der Waals surface area contributed by atoms with Crippen LogP contribution in [0.1, 0.15) is 11.1 Å². The smallest absolute Gasteiger partial charge is 0.269 e. The van der Waals surface area contributed by atoms with E-state index >= 15 is 0 Å². The van der Waals surface area contributed by atoms with Crippen molar-refractivity contribution < 1.29 is 14.4 Å². The number of ether oxygens (including phenoxy) is 2. The lowest BCUT2D eigenvalue weighted by molar-refractivity contribution is -0.384. The Morgan fingerprint density at radius 1 is 1.38 bits per heavy atom. The van der Waals surface area contributed by atoms with Gasteiger partial charge in [-0.25, -0.2) is 0 Å². The van der Waals surface area contributed by atoms with Gasteiger partial charge in [-0.3, -0.25) is 10.1 Å². The van der Waals surface area contributed by atoms with Gasteiger partial charge in [-0.1, -0.05) is 12.1 Å². The molecular weight excluding hydrogens is 376 g/mol. The number of non-ortho nitro benzene ring substituents is 1. The van der Waals surface area contributed by atoms with Gasteiger partial charge in [0.05, 0.1) is 22.6 Å². The van der Waals surface area contributed by atoms with Crippen LogP contribution in [-0.4, -0.2) is 12.0 Å². The number of nitrogens with zero attached hydrogens (tertiary/aromatic N) is 2. The van der Waals surface area contributed by atoms with Crippen molar-refractivity contribution in [1.29, 1.82) is 5.26 Å². The fourth-order valence-corrected chi connectivity index (χ4v) is 2.60. The number of methoxy groups -OCH3 is 1. The van der Waals surface area contributed by atoms with Gasteiger partial charge in [0, 0.05) is 18.2 Å². The predicted octanol–water partition coefficient (Wildman–Crippen LogP) is 4.48. The number of allylic oxidation sites excluding steroid dienone is 1. The van der Waals surface area contributed by atoms with Gasteiger partial charge in [0.25, 0.3) is 5.69 Å².